The third-order valence-corrected chi connectivity index (χ3v) is 3.48. The number of rotatable bonds is 5. The summed E-state index contributed by atoms with van der Waals surface area (Å²) in [5.74, 6) is 1.72. The monoisotopic (exact) mass is 270 g/mol. The summed E-state index contributed by atoms with van der Waals surface area (Å²) in [6.45, 7) is 2.64. The first-order valence-corrected chi connectivity index (χ1v) is 7.16. The van der Waals surface area contributed by atoms with E-state index in [1.807, 2.05) is 24.3 Å². The van der Waals surface area contributed by atoms with E-state index in [-0.39, 0.29) is 6.10 Å². The molecule has 104 valence electrons. The lowest BCUT2D eigenvalue weighted by Gasteiger charge is -2.25. The zero-order chi connectivity index (χ0) is 13.6. The lowest BCUT2D eigenvalue weighted by molar-refractivity contribution is -0.660. The third kappa shape index (κ3) is 3.31. The van der Waals surface area contributed by atoms with E-state index in [2.05, 4.69) is 35.6 Å². The van der Waals surface area contributed by atoms with Gasteiger partial charge in [-0.25, -0.2) is 0 Å². The van der Waals surface area contributed by atoms with Crippen molar-refractivity contribution in [2.75, 3.05) is 19.7 Å². The first-order valence-electron chi connectivity index (χ1n) is 7.16. The van der Waals surface area contributed by atoms with Gasteiger partial charge in [-0.1, -0.05) is 42.5 Å². The van der Waals surface area contributed by atoms with E-state index in [9.17, 15) is 0 Å². The third-order valence-electron chi connectivity index (χ3n) is 3.48. The van der Waals surface area contributed by atoms with Crippen LogP contribution in [-0.2, 0) is 6.42 Å². The van der Waals surface area contributed by atoms with E-state index >= 15 is 0 Å². The Balaban J connectivity index is 1.42. The molecule has 0 spiro atoms. The second kappa shape index (κ2) is 6.44. The summed E-state index contributed by atoms with van der Waals surface area (Å²) in [5.41, 5.74) is 1.38. The van der Waals surface area contributed by atoms with Crippen LogP contribution in [0.4, 0.5) is 0 Å². The number of ether oxygens (including phenoxy) is 2. The Morgan fingerprint density at radius 3 is 2.55 bits per heavy atom. The summed E-state index contributed by atoms with van der Waals surface area (Å²) >= 11 is 0. The smallest absolute Gasteiger partial charge is 0.181 e. The van der Waals surface area contributed by atoms with Gasteiger partial charge in [0.1, 0.15) is 13.2 Å². The van der Waals surface area contributed by atoms with Crippen LogP contribution in [0.5, 0.6) is 11.5 Å². The minimum absolute atomic E-state index is 0.140. The van der Waals surface area contributed by atoms with Crippen LogP contribution in [0.15, 0.2) is 54.6 Å². The van der Waals surface area contributed by atoms with Crippen LogP contribution in [0.1, 0.15) is 5.56 Å². The molecule has 3 heteroatoms. The summed E-state index contributed by atoms with van der Waals surface area (Å²) in [4.78, 5) is 0. The Bertz CT molecular complexity index is 542. The molecule has 0 radical (unpaired) electrons. The molecule has 1 heterocycles. The summed E-state index contributed by atoms with van der Waals surface area (Å²) < 4.78 is 11.6. The van der Waals surface area contributed by atoms with Crippen LogP contribution in [-0.4, -0.2) is 25.8 Å². The number of hydrogen-bond donors (Lipinski definition) is 1. The van der Waals surface area contributed by atoms with Gasteiger partial charge in [0.15, 0.2) is 17.6 Å². The van der Waals surface area contributed by atoms with E-state index in [0.717, 1.165) is 31.0 Å². The van der Waals surface area contributed by atoms with Crippen molar-refractivity contribution in [3.8, 4) is 11.5 Å². The fourth-order valence-electron chi connectivity index (χ4n) is 2.40. The normalized spacial score (nSPS) is 16.9. The largest absolute Gasteiger partial charge is 0.486 e. The number of fused-ring (bicyclic) bond motifs is 1. The van der Waals surface area contributed by atoms with E-state index in [0.29, 0.717) is 6.61 Å². The van der Waals surface area contributed by atoms with Crippen LogP contribution in [0.25, 0.3) is 0 Å². The molecule has 0 saturated carbocycles. The average molecular weight is 270 g/mol. The van der Waals surface area contributed by atoms with Crippen molar-refractivity contribution in [1.82, 2.24) is 0 Å². The SMILES string of the molecule is c1ccc(CC[NH2+]CC2COc3ccccc3O2)cc1. The molecule has 0 fully saturated rings. The molecule has 0 bridgehead atoms. The summed E-state index contributed by atoms with van der Waals surface area (Å²) in [7, 11) is 0. The van der Waals surface area contributed by atoms with Gasteiger partial charge in [-0.3, -0.25) is 0 Å². The zero-order valence-corrected chi connectivity index (χ0v) is 11.5. The fraction of sp³-hybridized carbons (Fsp3) is 0.294. The molecule has 1 atom stereocenters. The molecule has 0 amide bonds. The highest BCUT2D eigenvalue weighted by molar-refractivity contribution is 5.40. The molecule has 3 rings (SSSR count). The molecule has 2 aromatic carbocycles. The van der Waals surface area contributed by atoms with E-state index in [1.54, 1.807) is 0 Å². The summed E-state index contributed by atoms with van der Waals surface area (Å²) in [5, 5.41) is 2.30. The topological polar surface area (TPSA) is 35.1 Å². The number of hydrogen-bond acceptors (Lipinski definition) is 2. The molecule has 2 aromatic rings. The standard InChI is InChI=1S/C17H19NO2/c1-2-6-14(7-3-1)10-11-18-12-15-13-19-16-8-4-5-9-17(16)20-15/h1-9,15,18H,10-13H2/p+1. The summed E-state index contributed by atoms with van der Waals surface area (Å²) in [6, 6.07) is 18.4. The Labute approximate surface area is 119 Å². The minimum Gasteiger partial charge on any atom is -0.486 e. The number of nitrogens with two attached hydrogens (primary N) is 1. The minimum atomic E-state index is 0.140. The van der Waals surface area contributed by atoms with E-state index < -0.39 is 0 Å². The first kappa shape index (κ1) is 13.0. The number of quaternary nitrogens is 1. The predicted molar refractivity (Wildman–Crippen MR) is 78.2 cm³/mol. The lowest BCUT2D eigenvalue weighted by Crippen LogP contribution is -2.87. The number of para-hydroxylation sites is 2. The lowest BCUT2D eigenvalue weighted by atomic mass is 10.1. The van der Waals surface area contributed by atoms with E-state index in [4.69, 9.17) is 9.47 Å². The Morgan fingerprint density at radius 1 is 0.950 bits per heavy atom. The van der Waals surface area contributed by atoms with Crippen molar-refractivity contribution >= 4 is 0 Å². The van der Waals surface area contributed by atoms with Gasteiger partial charge in [0.25, 0.3) is 0 Å². The highest BCUT2D eigenvalue weighted by atomic mass is 16.6. The van der Waals surface area contributed by atoms with Gasteiger partial charge in [0, 0.05) is 6.42 Å². The number of benzene rings is 2. The van der Waals surface area contributed by atoms with Crippen molar-refractivity contribution in [2.24, 2.45) is 0 Å². The van der Waals surface area contributed by atoms with Gasteiger partial charge in [-0.2, -0.15) is 0 Å². The van der Waals surface area contributed by atoms with Gasteiger partial charge >= 0.3 is 0 Å². The van der Waals surface area contributed by atoms with Crippen LogP contribution in [0.2, 0.25) is 0 Å². The van der Waals surface area contributed by atoms with Crippen LogP contribution >= 0.6 is 0 Å². The van der Waals surface area contributed by atoms with Gasteiger partial charge in [-0.05, 0) is 17.7 Å². The average Bonchev–Trinajstić information content (AvgIpc) is 2.52. The highest BCUT2D eigenvalue weighted by Gasteiger charge is 2.21. The molecule has 0 aromatic heterocycles. The quantitative estimate of drug-likeness (QED) is 0.838. The molecule has 2 N–H and O–H groups in total. The van der Waals surface area contributed by atoms with Crippen LogP contribution < -0.4 is 14.8 Å². The van der Waals surface area contributed by atoms with Crippen LogP contribution in [0.3, 0.4) is 0 Å². The molecular weight excluding hydrogens is 250 g/mol. The van der Waals surface area contributed by atoms with Crippen molar-refractivity contribution in [3.05, 3.63) is 60.2 Å². The second-order valence-corrected chi connectivity index (χ2v) is 5.05. The van der Waals surface area contributed by atoms with Gasteiger partial charge in [0.2, 0.25) is 0 Å². The molecule has 3 nitrogen and oxygen atoms in total. The second-order valence-electron chi connectivity index (χ2n) is 5.05. The van der Waals surface area contributed by atoms with Crippen molar-refractivity contribution < 1.29 is 14.8 Å². The molecule has 0 saturated heterocycles. The van der Waals surface area contributed by atoms with Crippen molar-refractivity contribution in [3.63, 3.8) is 0 Å². The van der Waals surface area contributed by atoms with Crippen molar-refractivity contribution in [1.29, 1.82) is 0 Å². The highest BCUT2D eigenvalue weighted by Crippen LogP contribution is 2.30. The van der Waals surface area contributed by atoms with Gasteiger partial charge in [-0.15, -0.1) is 0 Å². The maximum atomic E-state index is 5.93. The Morgan fingerprint density at radius 2 is 1.70 bits per heavy atom. The predicted octanol–water partition coefficient (Wildman–Crippen LogP) is 1.63. The van der Waals surface area contributed by atoms with Gasteiger partial charge < -0.3 is 14.8 Å². The summed E-state index contributed by atoms with van der Waals surface area (Å²) in [6.07, 6.45) is 1.23. The van der Waals surface area contributed by atoms with Crippen LogP contribution in [0, 0.1) is 0 Å². The molecule has 1 aliphatic heterocycles. The molecule has 1 aliphatic rings. The molecule has 1 unspecified atom stereocenters. The fourth-order valence-corrected chi connectivity index (χ4v) is 2.40. The Hall–Kier alpha value is -2.00. The van der Waals surface area contributed by atoms with Crippen molar-refractivity contribution in [2.45, 2.75) is 12.5 Å². The maximum absolute atomic E-state index is 5.93. The first-order chi connectivity index (χ1) is 9.92. The maximum Gasteiger partial charge on any atom is 0.181 e. The Kier molecular flexibility index (Phi) is 4.19. The van der Waals surface area contributed by atoms with Gasteiger partial charge in [0.05, 0.1) is 6.54 Å². The molecule has 20 heavy (non-hydrogen) atoms. The molecule has 0 aliphatic carbocycles. The zero-order valence-electron chi connectivity index (χ0n) is 11.5. The molecular formula is C17H20NO2+. The van der Waals surface area contributed by atoms with E-state index in [1.165, 1.54) is 5.56 Å².